The van der Waals surface area contributed by atoms with E-state index in [1.54, 1.807) is 24.0 Å². The van der Waals surface area contributed by atoms with E-state index in [-0.39, 0.29) is 30.9 Å². The van der Waals surface area contributed by atoms with Crippen LogP contribution in [0.1, 0.15) is 24.2 Å². The minimum absolute atomic E-state index is 0.0514. The van der Waals surface area contributed by atoms with E-state index in [2.05, 4.69) is 5.32 Å². The van der Waals surface area contributed by atoms with Gasteiger partial charge in [0.1, 0.15) is 0 Å². The van der Waals surface area contributed by atoms with Gasteiger partial charge in [0.15, 0.2) is 17.3 Å². The molecule has 1 saturated heterocycles. The minimum atomic E-state index is -0.211. The summed E-state index contributed by atoms with van der Waals surface area (Å²) < 4.78 is 10.6. The molecule has 0 spiro atoms. The summed E-state index contributed by atoms with van der Waals surface area (Å²) in [6.07, 6.45) is 0. The quantitative estimate of drug-likeness (QED) is 0.808. The summed E-state index contributed by atoms with van der Waals surface area (Å²) >= 11 is 0. The number of fused-ring (bicyclic) bond motifs is 1. The van der Waals surface area contributed by atoms with Crippen molar-refractivity contribution in [2.45, 2.75) is 13.8 Å². The third-order valence-electron chi connectivity index (χ3n) is 4.35. The molecule has 1 fully saturated rings. The van der Waals surface area contributed by atoms with Crippen molar-refractivity contribution in [3.05, 3.63) is 17.7 Å². The van der Waals surface area contributed by atoms with Crippen LogP contribution in [-0.2, 0) is 9.59 Å². The predicted octanol–water partition coefficient (Wildman–Crippen LogP) is 0.720. The van der Waals surface area contributed by atoms with E-state index in [1.165, 1.54) is 6.92 Å². The number of rotatable bonds is 4. The fraction of sp³-hybridized carbons (Fsp3) is 0.471. The topological polar surface area (TPSA) is 88.2 Å². The maximum atomic E-state index is 12.4. The number of carbonyl (C=O) groups is 3. The van der Waals surface area contributed by atoms with Crippen molar-refractivity contribution in [2.75, 3.05) is 44.8 Å². The van der Waals surface area contributed by atoms with Crippen LogP contribution in [0.4, 0.5) is 5.69 Å². The van der Waals surface area contributed by atoms with Crippen molar-refractivity contribution in [1.82, 2.24) is 9.80 Å². The highest BCUT2D eigenvalue weighted by atomic mass is 16.7. The van der Waals surface area contributed by atoms with Gasteiger partial charge in [-0.15, -0.1) is 0 Å². The molecular formula is C17H21N3O5. The number of Topliss-reactive ketones (excluding diaryl/α,β-unsaturated/α-hetero) is 1. The van der Waals surface area contributed by atoms with Gasteiger partial charge in [0.25, 0.3) is 0 Å². The highest BCUT2D eigenvalue weighted by molar-refractivity contribution is 6.05. The van der Waals surface area contributed by atoms with Gasteiger partial charge in [0, 0.05) is 44.7 Å². The van der Waals surface area contributed by atoms with E-state index >= 15 is 0 Å². The standard InChI is InChI=1S/C17H21N3O5/c1-11(21)13-7-15-16(25-10-24-15)8-14(13)18-17(23)9-19-3-5-20(6-4-19)12(2)22/h7-8H,3-6,9-10H2,1-2H3,(H,18,23). The zero-order valence-corrected chi connectivity index (χ0v) is 14.3. The molecule has 1 aromatic carbocycles. The van der Waals surface area contributed by atoms with Gasteiger partial charge < -0.3 is 19.7 Å². The second-order valence-electron chi connectivity index (χ2n) is 6.14. The van der Waals surface area contributed by atoms with Gasteiger partial charge in [-0.05, 0) is 13.0 Å². The lowest BCUT2D eigenvalue weighted by molar-refractivity contribution is -0.130. The highest BCUT2D eigenvalue weighted by Crippen LogP contribution is 2.37. The zero-order valence-electron chi connectivity index (χ0n) is 14.3. The number of nitrogens with one attached hydrogen (secondary N) is 1. The van der Waals surface area contributed by atoms with Gasteiger partial charge in [0.05, 0.1) is 12.2 Å². The smallest absolute Gasteiger partial charge is 0.238 e. The fourth-order valence-electron chi connectivity index (χ4n) is 2.95. The van der Waals surface area contributed by atoms with E-state index in [0.717, 1.165) is 0 Å². The van der Waals surface area contributed by atoms with E-state index in [4.69, 9.17) is 9.47 Å². The lowest BCUT2D eigenvalue weighted by atomic mass is 10.1. The molecule has 0 radical (unpaired) electrons. The molecule has 0 aromatic heterocycles. The maximum absolute atomic E-state index is 12.4. The molecule has 1 N–H and O–H groups in total. The molecule has 2 heterocycles. The van der Waals surface area contributed by atoms with Gasteiger partial charge in [0.2, 0.25) is 18.6 Å². The van der Waals surface area contributed by atoms with Crippen molar-refractivity contribution in [1.29, 1.82) is 0 Å². The summed E-state index contributed by atoms with van der Waals surface area (Å²) in [6, 6.07) is 3.20. The number of benzene rings is 1. The summed E-state index contributed by atoms with van der Waals surface area (Å²) in [6.45, 7) is 5.82. The lowest BCUT2D eigenvalue weighted by Crippen LogP contribution is -2.49. The Bertz CT molecular complexity index is 710. The third-order valence-corrected chi connectivity index (χ3v) is 4.35. The van der Waals surface area contributed by atoms with Gasteiger partial charge in [-0.1, -0.05) is 0 Å². The van der Waals surface area contributed by atoms with Gasteiger partial charge in [-0.3, -0.25) is 19.3 Å². The van der Waals surface area contributed by atoms with Gasteiger partial charge in [-0.25, -0.2) is 0 Å². The van der Waals surface area contributed by atoms with Crippen LogP contribution in [0.2, 0.25) is 0 Å². The van der Waals surface area contributed by atoms with Crippen LogP contribution < -0.4 is 14.8 Å². The maximum Gasteiger partial charge on any atom is 0.238 e. The number of anilines is 1. The van der Waals surface area contributed by atoms with E-state index in [0.29, 0.717) is 48.9 Å². The Morgan fingerprint density at radius 2 is 1.68 bits per heavy atom. The first-order valence-corrected chi connectivity index (χ1v) is 8.16. The van der Waals surface area contributed by atoms with E-state index in [1.807, 2.05) is 4.90 Å². The molecular weight excluding hydrogens is 326 g/mol. The number of nitrogens with zero attached hydrogens (tertiary/aromatic N) is 2. The Labute approximate surface area is 145 Å². The molecule has 0 unspecified atom stereocenters. The molecule has 0 bridgehead atoms. The summed E-state index contributed by atoms with van der Waals surface area (Å²) in [7, 11) is 0. The van der Waals surface area contributed by atoms with Crippen LogP contribution in [0.5, 0.6) is 11.5 Å². The molecule has 25 heavy (non-hydrogen) atoms. The highest BCUT2D eigenvalue weighted by Gasteiger charge is 2.23. The number of hydrogen-bond donors (Lipinski definition) is 1. The molecule has 2 aliphatic rings. The molecule has 8 heteroatoms. The second kappa shape index (κ2) is 7.10. The van der Waals surface area contributed by atoms with Crippen molar-refractivity contribution in [3.8, 4) is 11.5 Å². The number of hydrogen-bond acceptors (Lipinski definition) is 6. The normalized spacial score (nSPS) is 16.6. The van der Waals surface area contributed by atoms with E-state index in [9.17, 15) is 14.4 Å². The van der Waals surface area contributed by atoms with Crippen LogP contribution in [0.25, 0.3) is 0 Å². The summed E-state index contributed by atoms with van der Waals surface area (Å²) in [4.78, 5) is 39.3. The van der Waals surface area contributed by atoms with Crippen LogP contribution in [0.15, 0.2) is 12.1 Å². The molecule has 0 atom stereocenters. The summed E-state index contributed by atoms with van der Waals surface area (Å²) in [5, 5.41) is 2.79. The molecule has 0 saturated carbocycles. The molecule has 134 valence electrons. The van der Waals surface area contributed by atoms with Crippen LogP contribution in [-0.4, -0.2) is 66.9 Å². The monoisotopic (exact) mass is 347 g/mol. The van der Waals surface area contributed by atoms with Crippen LogP contribution in [0.3, 0.4) is 0 Å². The van der Waals surface area contributed by atoms with E-state index < -0.39 is 0 Å². The number of ketones is 1. The second-order valence-corrected chi connectivity index (χ2v) is 6.14. The average molecular weight is 347 g/mol. The fourth-order valence-corrected chi connectivity index (χ4v) is 2.95. The van der Waals surface area contributed by atoms with Crippen LogP contribution >= 0.6 is 0 Å². The Hall–Kier alpha value is -2.61. The van der Waals surface area contributed by atoms with Gasteiger partial charge in [-0.2, -0.15) is 0 Å². The summed E-state index contributed by atoms with van der Waals surface area (Å²) in [5.74, 6) is 0.691. The molecule has 0 aliphatic carbocycles. The number of ether oxygens (including phenoxy) is 2. The molecule has 2 aliphatic heterocycles. The number of carbonyl (C=O) groups excluding carboxylic acids is 3. The largest absolute Gasteiger partial charge is 0.454 e. The third kappa shape index (κ3) is 3.90. The van der Waals surface area contributed by atoms with Gasteiger partial charge >= 0.3 is 0 Å². The molecule has 3 rings (SSSR count). The number of amides is 2. The Kier molecular flexibility index (Phi) is 4.89. The first kappa shape index (κ1) is 17.2. The minimum Gasteiger partial charge on any atom is -0.454 e. The van der Waals surface area contributed by atoms with Crippen molar-refractivity contribution >= 4 is 23.3 Å². The molecule has 2 amide bonds. The van der Waals surface area contributed by atoms with Crippen molar-refractivity contribution in [3.63, 3.8) is 0 Å². The molecule has 1 aromatic rings. The Morgan fingerprint density at radius 3 is 2.28 bits per heavy atom. The molecule has 8 nitrogen and oxygen atoms in total. The Morgan fingerprint density at radius 1 is 1.04 bits per heavy atom. The van der Waals surface area contributed by atoms with Crippen molar-refractivity contribution < 1.29 is 23.9 Å². The van der Waals surface area contributed by atoms with Crippen LogP contribution in [0, 0.1) is 0 Å². The number of piperazine rings is 1. The summed E-state index contributed by atoms with van der Waals surface area (Å²) in [5.41, 5.74) is 0.808. The SMILES string of the molecule is CC(=O)c1cc2c(cc1NC(=O)CN1CCN(C(C)=O)CC1)OCO2. The average Bonchev–Trinajstić information content (AvgIpc) is 3.01. The predicted molar refractivity (Wildman–Crippen MR) is 89.9 cm³/mol. The first-order valence-electron chi connectivity index (χ1n) is 8.16. The Balaban J connectivity index is 1.63. The lowest BCUT2D eigenvalue weighted by Gasteiger charge is -2.33. The zero-order chi connectivity index (χ0) is 18.0. The first-order chi connectivity index (χ1) is 11.9. The van der Waals surface area contributed by atoms with Crippen molar-refractivity contribution in [2.24, 2.45) is 0 Å².